The van der Waals surface area contributed by atoms with E-state index in [1.54, 1.807) is 42.3 Å². The van der Waals surface area contributed by atoms with E-state index in [-0.39, 0.29) is 17.4 Å². The molecule has 1 aromatic heterocycles. The molecule has 0 unspecified atom stereocenters. The van der Waals surface area contributed by atoms with Crippen LogP contribution in [0.1, 0.15) is 23.0 Å². The Kier molecular flexibility index (Phi) is 5.79. The molecule has 2 N–H and O–H groups in total. The minimum absolute atomic E-state index is 0.0564. The second-order valence-electron chi connectivity index (χ2n) is 6.68. The first-order chi connectivity index (χ1) is 13.4. The summed E-state index contributed by atoms with van der Waals surface area (Å²) in [5.41, 5.74) is 0.673. The molecule has 8 heteroatoms. The highest BCUT2D eigenvalue weighted by Crippen LogP contribution is 2.27. The van der Waals surface area contributed by atoms with Crippen LogP contribution < -0.4 is 5.32 Å². The smallest absolute Gasteiger partial charge is 0.336 e. The topological polar surface area (TPSA) is 103 Å². The zero-order valence-corrected chi connectivity index (χ0v) is 15.8. The van der Waals surface area contributed by atoms with E-state index in [1.165, 1.54) is 13.0 Å². The highest BCUT2D eigenvalue weighted by atomic mass is 16.4. The van der Waals surface area contributed by atoms with Crippen LogP contribution in [-0.2, 0) is 16.1 Å². The lowest BCUT2D eigenvalue weighted by Crippen LogP contribution is -2.59. The molecule has 1 fully saturated rings. The van der Waals surface area contributed by atoms with Gasteiger partial charge in [0.2, 0.25) is 11.8 Å². The van der Waals surface area contributed by atoms with Gasteiger partial charge in [-0.25, -0.2) is 4.79 Å². The number of carbonyl (C=O) groups excluding carboxylic acids is 2. The summed E-state index contributed by atoms with van der Waals surface area (Å²) in [7, 11) is 1.57. The van der Waals surface area contributed by atoms with Crippen molar-refractivity contribution < 1.29 is 23.9 Å². The van der Waals surface area contributed by atoms with Crippen LogP contribution >= 0.6 is 0 Å². The van der Waals surface area contributed by atoms with Crippen molar-refractivity contribution >= 4 is 17.8 Å². The van der Waals surface area contributed by atoms with E-state index >= 15 is 0 Å². The van der Waals surface area contributed by atoms with E-state index in [9.17, 15) is 19.5 Å². The van der Waals surface area contributed by atoms with Gasteiger partial charge in [-0.1, -0.05) is 18.2 Å². The Morgan fingerprint density at radius 2 is 1.93 bits per heavy atom. The average Bonchev–Trinajstić information content (AvgIpc) is 3.15. The summed E-state index contributed by atoms with van der Waals surface area (Å²) in [6, 6.07) is 9.70. The van der Waals surface area contributed by atoms with Crippen molar-refractivity contribution in [3.05, 3.63) is 47.7 Å². The fraction of sp³-hybridized carbons (Fsp3) is 0.350. The third-order valence-corrected chi connectivity index (χ3v) is 4.93. The number of carboxylic acids is 1. The molecule has 1 aliphatic heterocycles. The van der Waals surface area contributed by atoms with Crippen molar-refractivity contribution in [1.82, 2.24) is 15.1 Å². The highest BCUT2D eigenvalue weighted by molar-refractivity contribution is 5.95. The number of carboxylic acid groups (broad SMARTS) is 1. The normalized spacial score (nSPS) is 17.4. The molecular weight excluding hydrogens is 362 g/mol. The lowest BCUT2D eigenvalue weighted by Gasteiger charge is -2.39. The highest BCUT2D eigenvalue weighted by Gasteiger charge is 2.33. The third-order valence-electron chi connectivity index (χ3n) is 4.93. The van der Waals surface area contributed by atoms with Crippen molar-refractivity contribution in [2.24, 2.45) is 0 Å². The first kappa shape index (κ1) is 19.6. The van der Waals surface area contributed by atoms with Gasteiger partial charge in [0.25, 0.3) is 0 Å². The van der Waals surface area contributed by atoms with Gasteiger partial charge >= 0.3 is 5.97 Å². The summed E-state index contributed by atoms with van der Waals surface area (Å²) < 4.78 is 5.88. The van der Waals surface area contributed by atoms with E-state index in [2.05, 4.69) is 5.32 Å². The Morgan fingerprint density at radius 3 is 2.61 bits per heavy atom. The molecule has 0 saturated carbocycles. The number of hydrogen-bond donors (Lipinski definition) is 2. The number of nitrogens with zero attached hydrogens (tertiary/aromatic N) is 2. The predicted octanol–water partition coefficient (Wildman–Crippen LogP) is 1.42. The van der Waals surface area contributed by atoms with Crippen molar-refractivity contribution in [1.29, 1.82) is 0 Å². The van der Waals surface area contributed by atoms with E-state index in [0.29, 0.717) is 43.3 Å². The van der Waals surface area contributed by atoms with Gasteiger partial charge in [-0.3, -0.25) is 14.5 Å². The number of hydrogen-bond acceptors (Lipinski definition) is 5. The summed E-state index contributed by atoms with van der Waals surface area (Å²) in [4.78, 5) is 39.0. The number of carbonyl (C=O) groups is 3. The van der Waals surface area contributed by atoms with E-state index in [4.69, 9.17) is 4.42 Å². The second-order valence-corrected chi connectivity index (χ2v) is 6.68. The van der Waals surface area contributed by atoms with Gasteiger partial charge in [0.15, 0.2) is 0 Å². The number of piperazine rings is 1. The molecule has 28 heavy (non-hydrogen) atoms. The molecule has 0 spiro atoms. The van der Waals surface area contributed by atoms with Crippen molar-refractivity contribution in [3.8, 4) is 11.3 Å². The largest absolute Gasteiger partial charge is 0.478 e. The molecule has 1 saturated heterocycles. The zero-order chi connectivity index (χ0) is 20.3. The average molecular weight is 385 g/mol. The van der Waals surface area contributed by atoms with Crippen LogP contribution in [0.25, 0.3) is 11.3 Å². The maximum absolute atomic E-state index is 12.3. The Bertz CT molecular complexity index is 891. The zero-order valence-electron chi connectivity index (χ0n) is 15.8. The van der Waals surface area contributed by atoms with E-state index in [0.717, 1.165) is 0 Å². The summed E-state index contributed by atoms with van der Waals surface area (Å²) in [5, 5.41) is 12.0. The molecule has 1 atom stereocenters. The molecule has 3 rings (SSSR count). The Balaban J connectivity index is 1.80. The number of likely N-dealkylation sites (N-methyl/N-ethyl adjacent to an activating group) is 1. The Morgan fingerprint density at radius 1 is 1.18 bits per heavy atom. The summed E-state index contributed by atoms with van der Waals surface area (Å²) in [6.07, 6.45) is 0. The van der Waals surface area contributed by atoms with Gasteiger partial charge in [0, 0.05) is 39.2 Å². The van der Waals surface area contributed by atoms with Crippen LogP contribution in [0.2, 0.25) is 0 Å². The fourth-order valence-electron chi connectivity index (χ4n) is 3.40. The van der Waals surface area contributed by atoms with Gasteiger partial charge in [-0.2, -0.15) is 0 Å². The molecule has 148 valence electrons. The second kappa shape index (κ2) is 8.26. The summed E-state index contributed by atoms with van der Waals surface area (Å²) >= 11 is 0. The standard InChI is InChI=1S/C20H23N3O5/c1-13(24)22-9-10-23(17(12-22)19(25)21-2)11-14-7-8-18(28-14)15-5-3-4-6-16(15)20(26)27/h3-8,17H,9-12H2,1-2H3,(H,21,25)(H,26,27)/t17-/m1/s1. The minimum Gasteiger partial charge on any atom is -0.478 e. The number of amides is 2. The first-order valence-corrected chi connectivity index (χ1v) is 9.03. The maximum Gasteiger partial charge on any atom is 0.336 e. The fourth-order valence-corrected chi connectivity index (χ4v) is 3.40. The first-order valence-electron chi connectivity index (χ1n) is 9.03. The molecular formula is C20H23N3O5. The quantitative estimate of drug-likeness (QED) is 0.807. The van der Waals surface area contributed by atoms with Gasteiger partial charge in [0.05, 0.1) is 12.1 Å². The van der Waals surface area contributed by atoms with Crippen LogP contribution in [0.5, 0.6) is 0 Å². The number of rotatable bonds is 5. The van der Waals surface area contributed by atoms with Crippen molar-refractivity contribution in [3.63, 3.8) is 0 Å². The molecule has 1 aromatic carbocycles. The van der Waals surface area contributed by atoms with Crippen LogP contribution in [-0.4, -0.2) is 65.4 Å². The molecule has 1 aliphatic rings. The Labute approximate surface area is 162 Å². The van der Waals surface area contributed by atoms with Crippen LogP contribution in [0.4, 0.5) is 0 Å². The molecule has 2 amide bonds. The van der Waals surface area contributed by atoms with Gasteiger partial charge in [-0.15, -0.1) is 0 Å². The number of aromatic carboxylic acids is 1. The lowest BCUT2D eigenvalue weighted by molar-refractivity contribution is -0.136. The summed E-state index contributed by atoms with van der Waals surface area (Å²) in [6.45, 7) is 3.29. The van der Waals surface area contributed by atoms with Crippen LogP contribution in [0, 0.1) is 0 Å². The maximum atomic E-state index is 12.3. The molecule has 2 aromatic rings. The number of benzene rings is 1. The van der Waals surface area contributed by atoms with Crippen molar-refractivity contribution in [2.45, 2.75) is 19.5 Å². The number of nitrogens with one attached hydrogen (secondary N) is 1. The lowest BCUT2D eigenvalue weighted by atomic mass is 10.1. The molecule has 8 nitrogen and oxygen atoms in total. The van der Waals surface area contributed by atoms with Crippen LogP contribution in [0.15, 0.2) is 40.8 Å². The van der Waals surface area contributed by atoms with Gasteiger partial charge in [-0.05, 0) is 18.2 Å². The van der Waals surface area contributed by atoms with E-state index in [1.807, 2.05) is 4.90 Å². The summed E-state index contributed by atoms with van der Waals surface area (Å²) in [5.74, 6) is -0.145. The predicted molar refractivity (Wildman–Crippen MR) is 102 cm³/mol. The minimum atomic E-state index is -1.02. The molecule has 0 radical (unpaired) electrons. The molecule has 2 heterocycles. The monoisotopic (exact) mass is 385 g/mol. The van der Waals surface area contributed by atoms with Gasteiger partial charge < -0.3 is 19.7 Å². The van der Waals surface area contributed by atoms with Crippen LogP contribution in [0.3, 0.4) is 0 Å². The Hall–Kier alpha value is -3.13. The third kappa shape index (κ3) is 4.07. The van der Waals surface area contributed by atoms with E-state index < -0.39 is 12.0 Å². The van der Waals surface area contributed by atoms with Crippen molar-refractivity contribution in [2.75, 3.05) is 26.7 Å². The van der Waals surface area contributed by atoms with Gasteiger partial charge in [0.1, 0.15) is 17.6 Å². The number of furan rings is 1. The molecule has 0 bridgehead atoms. The molecule has 0 aliphatic carbocycles. The SMILES string of the molecule is CNC(=O)[C@H]1CN(C(C)=O)CCN1Cc1ccc(-c2ccccc2C(=O)O)o1.